The Morgan fingerprint density at radius 1 is 1.00 bits per heavy atom. The van der Waals surface area contributed by atoms with Crippen molar-refractivity contribution in [2.75, 3.05) is 25.1 Å². The predicted molar refractivity (Wildman–Crippen MR) is 115 cm³/mol. The number of carboxylic acids is 1. The summed E-state index contributed by atoms with van der Waals surface area (Å²) in [6.45, 7) is 0.803. The lowest BCUT2D eigenvalue weighted by atomic mass is 10.1. The van der Waals surface area contributed by atoms with Crippen molar-refractivity contribution in [2.24, 2.45) is 27.9 Å². The number of carboxylic acid groups (broad SMARTS) is 1. The molecule has 0 unspecified atom stereocenters. The third-order valence-electron chi connectivity index (χ3n) is 4.11. The summed E-state index contributed by atoms with van der Waals surface area (Å²) in [5.41, 5.74) is 21.8. The molecule has 0 bridgehead atoms. The predicted octanol–water partition coefficient (Wildman–Crippen LogP) is -1.70. The molecule has 0 aliphatic rings. The number of nitrogens with two attached hydrogens (primary N) is 4. The van der Waals surface area contributed by atoms with Crippen molar-refractivity contribution in [3.63, 3.8) is 0 Å². The lowest BCUT2D eigenvalue weighted by Gasteiger charge is -2.23. The van der Waals surface area contributed by atoms with Gasteiger partial charge in [-0.15, -0.1) is 0 Å². The van der Waals surface area contributed by atoms with E-state index in [9.17, 15) is 19.5 Å². The molecule has 0 aromatic rings. The summed E-state index contributed by atoms with van der Waals surface area (Å²) >= 11 is 1.49. The zero-order valence-electron chi connectivity index (χ0n) is 16.9. The number of rotatable bonds is 16. The van der Waals surface area contributed by atoms with Crippen LogP contribution in [0.1, 0.15) is 38.5 Å². The van der Waals surface area contributed by atoms with E-state index in [0.29, 0.717) is 50.9 Å². The van der Waals surface area contributed by atoms with Crippen LogP contribution in [0, 0.1) is 0 Å². The number of nitrogens with zero attached hydrogens (tertiary/aromatic N) is 1. The van der Waals surface area contributed by atoms with Crippen LogP contribution in [0.15, 0.2) is 4.99 Å². The molecular formula is C17H35N7O4S. The first kappa shape index (κ1) is 27.0. The number of hydrogen-bond acceptors (Lipinski definition) is 7. The molecule has 0 rings (SSSR count). The van der Waals surface area contributed by atoms with Crippen molar-refractivity contribution >= 4 is 35.5 Å². The number of aliphatic imine (C=N–C) groups is 1. The minimum Gasteiger partial charge on any atom is -0.480 e. The molecule has 11 N–H and O–H groups in total. The van der Waals surface area contributed by atoms with Gasteiger partial charge in [0.25, 0.3) is 0 Å². The summed E-state index contributed by atoms with van der Waals surface area (Å²) in [6.07, 6.45) is 4.61. The first-order valence-corrected chi connectivity index (χ1v) is 11.0. The molecule has 0 aromatic heterocycles. The van der Waals surface area contributed by atoms with E-state index in [1.165, 1.54) is 11.8 Å². The number of nitrogens with one attached hydrogen (secondary N) is 2. The van der Waals surface area contributed by atoms with E-state index in [0.717, 1.165) is 0 Å². The molecule has 0 radical (unpaired) electrons. The molecule has 0 fully saturated rings. The van der Waals surface area contributed by atoms with Crippen molar-refractivity contribution in [1.29, 1.82) is 0 Å². The van der Waals surface area contributed by atoms with Crippen LogP contribution in [0.3, 0.4) is 0 Å². The minimum absolute atomic E-state index is 0.0332. The van der Waals surface area contributed by atoms with Crippen molar-refractivity contribution in [1.82, 2.24) is 10.6 Å². The van der Waals surface area contributed by atoms with Crippen molar-refractivity contribution in [2.45, 2.75) is 56.7 Å². The van der Waals surface area contributed by atoms with Crippen molar-refractivity contribution < 1.29 is 19.5 Å². The Kier molecular flexibility index (Phi) is 14.7. The van der Waals surface area contributed by atoms with Crippen LogP contribution >= 0.6 is 11.8 Å². The minimum atomic E-state index is -1.11. The fraction of sp³-hybridized carbons (Fsp3) is 0.765. The molecule has 0 saturated heterocycles. The topological polar surface area (TPSA) is 212 Å². The van der Waals surface area contributed by atoms with Gasteiger partial charge in [-0.1, -0.05) is 0 Å². The van der Waals surface area contributed by atoms with Crippen molar-refractivity contribution in [3.8, 4) is 0 Å². The highest BCUT2D eigenvalue weighted by molar-refractivity contribution is 7.98. The third-order valence-corrected chi connectivity index (χ3v) is 4.75. The first-order chi connectivity index (χ1) is 13.7. The zero-order valence-corrected chi connectivity index (χ0v) is 17.7. The average Bonchev–Trinajstić information content (AvgIpc) is 2.66. The molecule has 0 aliphatic heterocycles. The smallest absolute Gasteiger partial charge is 0.326 e. The Hall–Kier alpha value is -2.05. The number of carbonyl (C=O) groups is 3. The summed E-state index contributed by atoms with van der Waals surface area (Å²) in [7, 11) is 0. The molecule has 0 heterocycles. The molecule has 0 spiro atoms. The van der Waals surface area contributed by atoms with E-state index in [1.807, 2.05) is 6.26 Å². The summed E-state index contributed by atoms with van der Waals surface area (Å²) < 4.78 is 0. The van der Waals surface area contributed by atoms with Crippen LogP contribution in [0.5, 0.6) is 0 Å². The molecule has 3 atom stereocenters. The molecule has 168 valence electrons. The average molecular weight is 434 g/mol. The van der Waals surface area contributed by atoms with Gasteiger partial charge in [0.2, 0.25) is 11.8 Å². The van der Waals surface area contributed by atoms with Gasteiger partial charge in [-0.25, -0.2) is 4.79 Å². The van der Waals surface area contributed by atoms with Gasteiger partial charge in [0.1, 0.15) is 12.1 Å². The monoisotopic (exact) mass is 433 g/mol. The summed E-state index contributed by atoms with van der Waals surface area (Å²) in [4.78, 5) is 40.2. The zero-order chi connectivity index (χ0) is 22.2. The Morgan fingerprint density at radius 3 is 2.21 bits per heavy atom. The van der Waals surface area contributed by atoms with Gasteiger partial charge < -0.3 is 38.7 Å². The number of thioether (sulfide) groups is 1. The number of aliphatic carboxylic acids is 1. The van der Waals surface area contributed by atoms with E-state index < -0.39 is 35.9 Å². The number of carbonyl (C=O) groups excluding carboxylic acids is 2. The molecule has 29 heavy (non-hydrogen) atoms. The Balaban J connectivity index is 4.87. The van der Waals surface area contributed by atoms with Gasteiger partial charge in [-0.05, 0) is 57.1 Å². The molecule has 0 saturated carbocycles. The second-order valence-corrected chi connectivity index (χ2v) is 7.57. The van der Waals surface area contributed by atoms with E-state index in [4.69, 9.17) is 22.9 Å². The molecular weight excluding hydrogens is 398 g/mol. The number of guanidine groups is 1. The van der Waals surface area contributed by atoms with Gasteiger partial charge in [0, 0.05) is 6.54 Å². The van der Waals surface area contributed by atoms with Gasteiger partial charge in [0.05, 0.1) is 6.04 Å². The maximum absolute atomic E-state index is 12.6. The number of hydrogen-bond donors (Lipinski definition) is 7. The van der Waals surface area contributed by atoms with Crippen molar-refractivity contribution in [3.05, 3.63) is 0 Å². The lowest BCUT2D eigenvalue weighted by Crippen LogP contribution is -2.54. The second kappa shape index (κ2) is 15.8. The highest BCUT2D eigenvalue weighted by atomic mass is 32.2. The van der Waals surface area contributed by atoms with Crippen LogP contribution in [0.4, 0.5) is 0 Å². The normalized spacial score (nSPS) is 13.8. The maximum Gasteiger partial charge on any atom is 0.326 e. The Bertz CT molecular complexity index is 544. The molecule has 0 aromatic carbocycles. The summed E-state index contributed by atoms with van der Waals surface area (Å²) in [6, 6.07) is -2.73. The van der Waals surface area contributed by atoms with E-state index >= 15 is 0 Å². The standard InChI is InChI=1S/C17H35N7O4S/c1-29-10-7-13(16(27)28)24-15(26)12(6-2-3-8-18)23-14(25)11(19)5-4-9-22-17(20)21/h11-13H,2-10,18-19H2,1H3,(H,23,25)(H,24,26)(H,27,28)(H4,20,21,22)/t11-,12-,13-/m0/s1. The maximum atomic E-state index is 12.6. The van der Waals surface area contributed by atoms with Gasteiger partial charge in [-0.3, -0.25) is 14.6 Å². The highest BCUT2D eigenvalue weighted by Gasteiger charge is 2.27. The molecule has 0 aliphatic carbocycles. The van der Waals surface area contributed by atoms with E-state index in [1.54, 1.807) is 0 Å². The SMILES string of the molecule is CSCC[C@H](NC(=O)[C@H](CCCCN)NC(=O)[C@@H](N)CCCN=C(N)N)C(=O)O. The van der Waals surface area contributed by atoms with E-state index in [-0.39, 0.29) is 12.4 Å². The van der Waals surface area contributed by atoms with Gasteiger partial charge in [0.15, 0.2) is 5.96 Å². The number of unbranched alkanes of at least 4 members (excludes halogenated alkanes) is 1. The van der Waals surface area contributed by atoms with Crippen LogP contribution in [-0.4, -0.2) is 72.1 Å². The van der Waals surface area contributed by atoms with Crippen LogP contribution in [0.2, 0.25) is 0 Å². The summed E-state index contributed by atoms with van der Waals surface area (Å²) in [5.74, 6) is -1.59. The summed E-state index contributed by atoms with van der Waals surface area (Å²) in [5, 5.41) is 14.4. The molecule has 12 heteroatoms. The fourth-order valence-corrected chi connectivity index (χ4v) is 2.93. The van der Waals surface area contributed by atoms with Gasteiger partial charge in [-0.2, -0.15) is 11.8 Å². The lowest BCUT2D eigenvalue weighted by molar-refractivity contribution is -0.142. The van der Waals surface area contributed by atoms with Crippen LogP contribution in [-0.2, 0) is 14.4 Å². The largest absolute Gasteiger partial charge is 0.480 e. The third kappa shape index (κ3) is 12.9. The van der Waals surface area contributed by atoms with E-state index in [2.05, 4.69) is 15.6 Å². The van der Waals surface area contributed by atoms with Crippen LogP contribution < -0.4 is 33.6 Å². The Morgan fingerprint density at radius 2 is 1.66 bits per heavy atom. The molecule has 11 nitrogen and oxygen atoms in total. The Labute approximate surface area is 175 Å². The van der Waals surface area contributed by atoms with Gasteiger partial charge >= 0.3 is 5.97 Å². The molecule has 2 amide bonds. The first-order valence-electron chi connectivity index (χ1n) is 9.56. The second-order valence-electron chi connectivity index (χ2n) is 6.58. The fourth-order valence-electron chi connectivity index (χ4n) is 2.46. The quantitative estimate of drug-likeness (QED) is 0.0838. The van der Waals surface area contributed by atoms with Crippen LogP contribution in [0.25, 0.3) is 0 Å². The number of amides is 2. The highest BCUT2D eigenvalue weighted by Crippen LogP contribution is 2.06.